The highest BCUT2D eigenvalue weighted by Crippen LogP contribution is 2.46. The average molecular weight is 417 g/mol. The van der Waals surface area contributed by atoms with Gasteiger partial charge >= 0.3 is 6.18 Å². The molecule has 30 heavy (non-hydrogen) atoms. The van der Waals surface area contributed by atoms with Crippen LogP contribution in [0.1, 0.15) is 36.9 Å². The van der Waals surface area contributed by atoms with E-state index in [-0.39, 0.29) is 28.5 Å². The van der Waals surface area contributed by atoms with Gasteiger partial charge in [-0.25, -0.2) is 0 Å². The fourth-order valence-electron chi connectivity index (χ4n) is 4.36. The Hall–Kier alpha value is -3.07. The molecule has 156 valence electrons. The average Bonchev–Trinajstić information content (AvgIpc) is 3.23. The highest BCUT2D eigenvalue weighted by atomic mass is 19.4. The van der Waals surface area contributed by atoms with Crippen LogP contribution in [0, 0.1) is 6.92 Å². The van der Waals surface area contributed by atoms with E-state index in [2.05, 4.69) is 10.2 Å². The van der Waals surface area contributed by atoms with Gasteiger partial charge in [0.1, 0.15) is 11.3 Å². The zero-order valence-electron chi connectivity index (χ0n) is 16.2. The van der Waals surface area contributed by atoms with Crippen LogP contribution in [0.4, 0.5) is 13.2 Å². The lowest BCUT2D eigenvalue weighted by molar-refractivity contribution is -0.136. The Bertz CT molecular complexity index is 1300. The molecule has 9 heteroatoms. The van der Waals surface area contributed by atoms with E-state index in [4.69, 9.17) is 4.42 Å². The third-order valence-electron chi connectivity index (χ3n) is 5.81. The fourth-order valence-corrected chi connectivity index (χ4v) is 4.36. The van der Waals surface area contributed by atoms with Crippen LogP contribution in [0.25, 0.3) is 33.3 Å². The van der Waals surface area contributed by atoms with E-state index >= 15 is 0 Å². The van der Waals surface area contributed by atoms with Crippen molar-refractivity contribution >= 4 is 22.0 Å². The number of aliphatic hydroxyl groups is 1. The molecule has 0 radical (unpaired) electrons. The summed E-state index contributed by atoms with van der Waals surface area (Å²) in [6.45, 7) is 3.37. The SMILES string of the molecule is Cc1cc2occc2c(O)c1-c1cc2c(C(F)(F)F)cn(C3CC(C)(O)C3)c2nn1. The fraction of sp³-hybridized carbons (Fsp3) is 0.333. The molecule has 1 aromatic carbocycles. The maximum absolute atomic E-state index is 13.8. The number of phenols is 1. The van der Waals surface area contributed by atoms with Gasteiger partial charge in [0.25, 0.3) is 0 Å². The molecule has 0 unspecified atom stereocenters. The molecule has 1 fully saturated rings. The first kappa shape index (κ1) is 18.9. The molecule has 2 N–H and O–H groups in total. The lowest BCUT2D eigenvalue weighted by Crippen LogP contribution is -2.41. The number of nitrogens with zero attached hydrogens (tertiary/aromatic N) is 3. The largest absolute Gasteiger partial charge is 0.506 e. The van der Waals surface area contributed by atoms with E-state index in [1.165, 1.54) is 16.9 Å². The molecule has 0 saturated heterocycles. The minimum atomic E-state index is -4.58. The predicted molar refractivity (Wildman–Crippen MR) is 103 cm³/mol. The predicted octanol–water partition coefficient (Wildman–Crippen LogP) is 4.96. The summed E-state index contributed by atoms with van der Waals surface area (Å²) < 4.78 is 48.0. The van der Waals surface area contributed by atoms with E-state index in [0.29, 0.717) is 34.9 Å². The number of hydrogen-bond donors (Lipinski definition) is 2. The van der Waals surface area contributed by atoms with Crippen molar-refractivity contribution in [3.63, 3.8) is 0 Å². The topological polar surface area (TPSA) is 84.3 Å². The quantitative estimate of drug-likeness (QED) is 0.481. The van der Waals surface area contributed by atoms with Crippen molar-refractivity contribution in [1.82, 2.24) is 14.8 Å². The van der Waals surface area contributed by atoms with Crippen LogP contribution in [0.2, 0.25) is 0 Å². The van der Waals surface area contributed by atoms with Crippen molar-refractivity contribution in [3.05, 3.63) is 41.8 Å². The summed E-state index contributed by atoms with van der Waals surface area (Å²) in [5.74, 6) is -0.115. The van der Waals surface area contributed by atoms with Gasteiger partial charge in [0.15, 0.2) is 5.65 Å². The first-order chi connectivity index (χ1) is 14.0. The van der Waals surface area contributed by atoms with Gasteiger partial charge in [-0.1, -0.05) is 0 Å². The number of fused-ring (bicyclic) bond motifs is 2. The molecule has 5 rings (SSSR count). The van der Waals surface area contributed by atoms with Crippen molar-refractivity contribution in [2.45, 2.75) is 44.5 Å². The molecule has 3 aromatic heterocycles. The molecule has 1 aliphatic rings. The van der Waals surface area contributed by atoms with Gasteiger partial charge in [-0.05, 0) is 50.5 Å². The molecule has 0 spiro atoms. The van der Waals surface area contributed by atoms with Gasteiger partial charge in [-0.3, -0.25) is 0 Å². The number of alkyl halides is 3. The Morgan fingerprint density at radius 3 is 2.60 bits per heavy atom. The molecule has 0 atom stereocenters. The highest BCUT2D eigenvalue weighted by Gasteiger charge is 2.42. The first-order valence-corrected chi connectivity index (χ1v) is 9.43. The second-order valence-corrected chi connectivity index (χ2v) is 8.22. The number of rotatable bonds is 2. The molecule has 6 nitrogen and oxygen atoms in total. The van der Waals surface area contributed by atoms with Gasteiger partial charge < -0.3 is 19.2 Å². The maximum Gasteiger partial charge on any atom is 0.418 e. The summed E-state index contributed by atoms with van der Waals surface area (Å²) in [4.78, 5) is 0. The Morgan fingerprint density at radius 2 is 1.93 bits per heavy atom. The van der Waals surface area contributed by atoms with Gasteiger partial charge in [0.2, 0.25) is 0 Å². The molecule has 0 amide bonds. The number of furan rings is 1. The van der Waals surface area contributed by atoms with Crippen LogP contribution in [0.3, 0.4) is 0 Å². The third-order valence-corrected chi connectivity index (χ3v) is 5.81. The van der Waals surface area contributed by atoms with Crippen LogP contribution in [0.5, 0.6) is 5.75 Å². The summed E-state index contributed by atoms with van der Waals surface area (Å²) in [7, 11) is 0. The van der Waals surface area contributed by atoms with E-state index in [0.717, 1.165) is 6.20 Å². The monoisotopic (exact) mass is 417 g/mol. The Kier molecular flexibility index (Phi) is 3.77. The molecule has 1 saturated carbocycles. The zero-order chi connectivity index (χ0) is 21.4. The summed E-state index contributed by atoms with van der Waals surface area (Å²) in [6, 6.07) is 4.31. The van der Waals surface area contributed by atoms with E-state index < -0.39 is 17.3 Å². The summed E-state index contributed by atoms with van der Waals surface area (Å²) in [5, 5.41) is 29.3. The smallest absolute Gasteiger partial charge is 0.418 e. The van der Waals surface area contributed by atoms with E-state index in [1.807, 2.05) is 0 Å². The minimum absolute atomic E-state index is 0.0925. The lowest BCUT2D eigenvalue weighted by Gasteiger charge is -2.41. The maximum atomic E-state index is 13.8. The number of hydrogen-bond acceptors (Lipinski definition) is 5. The summed E-state index contributed by atoms with van der Waals surface area (Å²) >= 11 is 0. The number of aromatic nitrogens is 3. The molecular formula is C21H18F3N3O3. The van der Waals surface area contributed by atoms with Crippen molar-refractivity contribution < 1.29 is 27.8 Å². The Balaban J connectivity index is 1.71. The van der Waals surface area contributed by atoms with Gasteiger partial charge in [0, 0.05) is 23.2 Å². The number of aryl methyl sites for hydroxylation is 1. The highest BCUT2D eigenvalue weighted by molar-refractivity contribution is 5.94. The van der Waals surface area contributed by atoms with E-state index in [9.17, 15) is 23.4 Å². The molecule has 3 heterocycles. The molecule has 4 aromatic rings. The summed E-state index contributed by atoms with van der Waals surface area (Å²) in [5.41, 5.74) is -0.0748. The Morgan fingerprint density at radius 1 is 1.20 bits per heavy atom. The second kappa shape index (κ2) is 5.98. The van der Waals surface area contributed by atoms with Crippen LogP contribution in [0.15, 0.2) is 35.1 Å². The van der Waals surface area contributed by atoms with Gasteiger partial charge in [0.05, 0.1) is 28.5 Å². The standard InChI is InChI=1S/C21H18F3N3O3/c1-10-5-16-12(3-4-30-16)18(28)17(10)15-6-13-14(21(22,23)24)9-27(19(13)26-25-15)11-7-20(2,29)8-11/h3-6,9,11,28-29H,7-8H2,1-2H3. The summed E-state index contributed by atoms with van der Waals surface area (Å²) in [6.07, 6.45) is -1.43. The number of benzene rings is 1. The first-order valence-electron chi connectivity index (χ1n) is 9.43. The minimum Gasteiger partial charge on any atom is -0.506 e. The van der Waals surface area contributed by atoms with Crippen LogP contribution in [-0.4, -0.2) is 30.6 Å². The molecule has 1 aliphatic carbocycles. The van der Waals surface area contributed by atoms with Crippen molar-refractivity contribution in [1.29, 1.82) is 0 Å². The van der Waals surface area contributed by atoms with Crippen LogP contribution < -0.4 is 0 Å². The van der Waals surface area contributed by atoms with Crippen molar-refractivity contribution in [2.24, 2.45) is 0 Å². The normalized spacial score (nSPS) is 22.0. The van der Waals surface area contributed by atoms with Crippen LogP contribution >= 0.6 is 0 Å². The zero-order valence-corrected chi connectivity index (χ0v) is 16.2. The number of phenolic OH excluding ortho intramolecular Hbond substituents is 1. The number of aromatic hydroxyl groups is 1. The van der Waals surface area contributed by atoms with Crippen molar-refractivity contribution in [3.8, 4) is 17.0 Å². The van der Waals surface area contributed by atoms with Gasteiger partial charge in [-0.2, -0.15) is 13.2 Å². The molecular weight excluding hydrogens is 399 g/mol. The third kappa shape index (κ3) is 2.76. The number of halogens is 3. The lowest BCUT2D eigenvalue weighted by atomic mass is 9.77. The van der Waals surface area contributed by atoms with Crippen LogP contribution in [-0.2, 0) is 6.18 Å². The van der Waals surface area contributed by atoms with Crippen molar-refractivity contribution in [2.75, 3.05) is 0 Å². The molecule has 0 aliphatic heterocycles. The molecule has 0 bridgehead atoms. The van der Waals surface area contributed by atoms with Gasteiger partial charge in [-0.15, -0.1) is 10.2 Å². The Labute approximate surface area is 168 Å². The van der Waals surface area contributed by atoms with E-state index in [1.54, 1.807) is 26.0 Å². The second-order valence-electron chi connectivity index (χ2n) is 8.22.